The third kappa shape index (κ3) is 3.74. The molecule has 0 aliphatic carbocycles. The van der Waals surface area contributed by atoms with Crippen molar-refractivity contribution < 1.29 is 19.1 Å². The second-order valence-electron chi connectivity index (χ2n) is 5.94. The van der Waals surface area contributed by atoms with Gasteiger partial charge in [-0.2, -0.15) is 0 Å². The molecule has 0 bridgehead atoms. The summed E-state index contributed by atoms with van der Waals surface area (Å²) in [5, 5.41) is 2.74. The van der Waals surface area contributed by atoms with Gasteiger partial charge in [0, 0.05) is 6.07 Å². The number of nitrogens with one attached hydrogen (secondary N) is 1. The first-order valence-corrected chi connectivity index (χ1v) is 8.03. The van der Waals surface area contributed by atoms with E-state index < -0.39 is 11.9 Å². The van der Waals surface area contributed by atoms with Crippen molar-refractivity contribution >= 4 is 11.8 Å². The van der Waals surface area contributed by atoms with Gasteiger partial charge in [0.2, 0.25) is 11.8 Å². The second kappa shape index (κ2) is 7.25. The van der Waals surface area contributed by atoms with Crippen LogP contribution >= 0.6 is 0 Å². The fraction of sp³-hybridized carbons (Fsp3) is 0.263. The summed E-state index contributed by atoms with van der Waals surface area (Å²) in [6.45, 7) is 0.242. The van der Waals surface area contributed by atoms with Gasteiger partial charge < -0.3 is 20.5 Å². The molecule has 1 aliphatic heterocycles. The van der Waals surface area contributed by atoms with E-state index in [9.17, 15) is 9.59 Å². The predicted molar refractivity (Wildman–Crippen MR) is 92.2 cm³/mol. The predicted octanol–water partition coefficient (Wildman–Crippen LogP) is 1.59. The molecule has 2 amide bonds. The maximum absolute atomic E-state index is 12.6. The van der Waals surface area contributed by atoms with E-state index in [0.717, 1.165) is 11.3 Å². The SMILES string of the molecule is COc1ccc2c(c1)OC[C@@H](C(=O)N[C@@H](C(N)=O)c1ccccc1)C2. The largest absolute Gasteiger partial charge is 0.497 e. The van der Waals surface area contributed by atoms with Gasteiger partial charge in [-0.25, -0.2) is 0 Å². The molecule has 1 heterocycles. The highest BCUT2D eigenvalue weighted by Gasteiger charge is 2.29. The smallest absolute Gasteiger partial charge is 0.244 e. The molecule has 2 aromatic carbocycles. The van der Waals surface area contributed by atoms with Crippen LogP contribution in [0.2, 0.25) is 0 Å². The molecule has 130 valence electrons. The lowest BCUT2D eigenvalue weighted by Crippen LogP contribution is -2.43. The normalized spacial score (nSPS) is 16.9. The van der Waals surface area contributed by atoms with Crippen LogP contribution in [0.25, 0.3) is 0 Å². The van der Waals surface area contributed by atoms with E-state index in [1.54, 1.807) is 37.4 Å². The summed E-state index contributed by atoms with van der Waals surface area (Å²) in [4.78, 5) is 24.3. The number of hydrogen-bond donors (Lipinski definition) is 2. The monoisotopic (exact) mass is 340 g/mol. The first-order chi connectivity index (χ1) is 12.1. The molecular weight excluding hydrogens is 320 g/mol. The van der Waals surface area contributed by atoms with Crippen molar-refractivity contribution in [2.75, 3.05) is 13.7 Å². The number of hydrogen-bond acceptors (Lipinski definition) is 4. The number of benzene rings is 2. The Kier molecular flexibility index (Phi) is 4.88. The molecular formula is C19H20N2O4. The summed E-state index contributed by atoms with van der Waals surface area (Å²) in [5.41, 5.74) is 7.05. The average molecular weight is 340 g/mol. The van der Waals surface area contributed by atoms with Crippen molar-refractivity contribution in [2.45, 2.75) is 12.5 Å². The number of nitrogens with two attached hydrogens (primary N) is 1. The first-order valence-electron chi connectivity index (χ1n) is 8.03. The Morgan fingerprint density at radius 3 is 2.68 bits per heavy atom. The van der Waals surface area contributed by atoms with E-state index in [1.807, 2.05) is 18.2 Å². The van der Waals surface area contributed by atoms with Crippen LogP contribution in [-0.2, 0) is 16.0 Å². The zero-order valence-corrected chi connectivity index (χ0v) is 13.9. The minimum atomic E-state index is -0.856. The van der Waals surface area contributed by atoms with E-state index in [2.05, 4.69) is 5.32 Å². The summed E-state index contributed by atoms with van der Waals surface area (Å²) in [6.07, 6.45) is 0.533. The number of amides is 2. The highest BCUT2D eigenvalue weighted by Crippen LogP contribution is 2.31. The molecule has 25 heavy (non-hydrogen) atoms. The van der Waals surface area contributed by atoms with E-state index in [0.29, 0.717) is 17.7 Å². The Labute approximate surface area is 145 Å². The molecule has 0 spiro atoms. The molecule has 2 aromatic rings. The molecule has 3 N–H and O–H groups in total. The van der Waals surface area contributed by atoms with Crippen LogP contribution in [0.1, 0.15) is 17.2 Å². The Balaban J connectivity index is 1.71. The van der Waals surface area contributed by atoms with Crippen molar-refractivity contribution in [2.24, 2.45) is 11.7 Å². The van der Waals surface area contributed by atoms with Crippen LogP contribution in [0.4, 0.5) is 0 Å². The minimum Gasteiger partial charge on any atom is -0.497 e. The number of carbonyl (C=O) groups excluding carboxylic acids is 2. The topological polar surface area (TPSA) is 90.7 Å². The van der Waals surface area contributed by atoms with Crippen LogP contribution in [-0.4, -0.2) is 25.5 Å². The van der Waals surface area contributed by atoms with Gasteiger partial charge in [-0.15, -0.1) is 0 Å². The van der Waals surface area contributed by atoms with Gasteiger partial charge >= 0.3 is 0 Å². The quantitative estimate of drug-likeness (QED) is 0.865. The summed E-state index contributed by atoms with van der Waals surface area (Å²) in [6, 6.07) is 13.6. The maximum Gasteiger partial charge on any atom is 0.244 e. The lowest BCUT2D eigenvalue weighted by atomic mass is 9.95. The fourth-order valence-electron chi connectivity index (χ4n) is 2.87. The lowest BCUT2D eigenvalue weighted by Gasteiger charge is -2.26. The van der Waals surface area contributed by atoms with Crippen molar-refractivity contribution in [1.29, 1.82) is 0 Å². The summed E-state index contributed by atoms with van der Waals surface area (Å²) in [5.74, 6) is 0.194. The van der Waals surface area contributed by atoms with Crippen LogP contribution in [0, 0.1) is 5.92 Å². The van der Waals surface area contributed by atoms with Crippen LogP contribution in [0.3, 0.4) is 0 Å². The van der Waals surface area contributed by atoms with Gasteiger partial charge in [-0.1, -0.05) is 36.4 Å². The summed E-state index contributed by atoms with van der Waals surface area (Å²) in [7, 11) is 1.59. The number of carbonyl (C=O) groups is 2. The molecule has 3 rings (SSSR count). The van der Waals surface area contributed by atoms with Crippen molar-refractivity contribution in [1.82, 2.24) is 5.32 Å². The number of ether oxygens (including phenoxy) is 2. The van der Waals surface area contributed by atoms with E-state index in [1.165, 1.54) is 0 Å². The molecule has 0 radical (unpaired) electrons. The summed E-state index contributed by atoms with van der Waals surface area (Å²) < 4.78 is 10.9. The van der Waals surface area contributed by atoms with Crippen LogP contribution in [0.15, 0.2) is 48.5 Å². The molecule has 0 saturated carbocycles. The van der Waals surface area contributed by atoms with E-state index >= 15 is 0 Å². The van der Waals surface area contributed by atoms with Gasteiger partial charge in [-0.05, 0) is 23.6 Å². The summed E-state index contributed by atoms with van der Waals surface area (Å²) >= 11 is 0. The van der Waals surface area contributed by atoms with Crippen LogP contribution < -0.4 is 20.5 Å². The molecule has 1 aliphatic rings. The molecule has 0 unspecified atom stereocenters. The lowest BCUT2D eigenvalue weighted by molar-refractivity contribution is -0.131. The molecule has 6 heteroatoms. The number of methoxy groups -OCH3 is 1. The Bertz CT molecular complexity index is 776. The van der Waals surface area contributed by atoms with E-state index in [-0.39, 0.29) is 18.4 Å². The Hall–Kier alpha value is -3.02. The highest BCUT2D eigenvalue weighted by atomic mass is 16.5. The number of rotatable bonds is 5. The Morgan fingerprint density at radius 2 is 2.00 bits per heavy atom. The first kappa shape index (κ1) is 16.8. The van der Waals surface area contributed by atoms with Gasteiger partial charge in [0.05, 0.1) is 13.0 Å². The van der Waals surface area contributed by atoms with Crippen molar-refractivity contribution in [3.8, 4) is 11.5 Å². The minimum absolute atomic E-state index is 0.242. The maximum atomic E-state index is 12.6. The molecule has 0 fully saturated rings. The third-order valence-corrected chi connectivity index (χ3v) is 4.26. The van der Waals surface area contributed by atoms with Gasteiger partial charge in [-0.3, -0.25) is 9.59 Å². The zero-order chi connectivity index (χ0) is 17.8. The van der Waals surface area contributed by atoms with Gasteiger partial charge in [0.25, 0.3) is 0 Å². The molecule has 0 aromatic heterocycles. The van der Waals surface area contributed by atoms with E-state index in [4.69, 9.17) is 15.2 Å². The number of primary amides is 1. The Morgan fingerprint density at radius 1 is 1.24 bits per heavy atom. The van der Waals surface area contributed by atoms with Crippen molar-refractivity contribution in [3.05, 3.63) is 59.7 Å². The highest BCUT2D eigenvalue weighted by molar-refractivity contribution is 5.88. The second-order valence-corrected chi connectivity index (χ2v) is 5.94. The molecule has 6 nitrogen and oxygen atoms in total. The van der Waals surface area contributed by atoms with Crippen molar-refractivity contribution in [3.63, 3.8) is 0 Å². The van der Waals surface area contributed by atoms with Gasteiger partial charge in [0.1, 0.15) is 24.1 Å². The number of fused-ring (bicyclic) bond motifs is 1. The zero-order valence-electron chi connectivity index (χ0n) is 13.9. The standard InChI is InChI=1S/C19H20N2O4/c1-24-15-8-7-13-9-14(11-25-16(13)10-15)19(23)21-17(18(20)22)12-5-3-2-4-6-12/h2-8,10,14,17H,9,11H2,1H3,(H2,20,22)(H,21,23)/t14-,17+/m0/s1. The molecule has 2 atom stereocenters. The molecule has 0 saturated heterocycles. The fourth-order valence-corrected chi connectivity index (χ4v) is 2.87. The third-order valence-electron chi connectivity index (χ3n) is 4.26. The average Bonchev–Trinajstić information content (AvgIpc) is 2.65. The van der Waals surface area contributed by atoms with Crippen LogP contribution in [0.5, 0.6) is 11.5 Å². The van der Waals surface area contributed by atoms with Gasteiger partial charge in [0.15, 0.2) is 0 Å².